The molecular weight excluding hydrogens is 461 g/mol. The van der Waals surface area contributed by atoms with E-state index in [1.165, 1.54) is 18.4 Å². The van der Waals surface area contributed by atoms with E-state index in [0.717, 1.165) is 52.5 Å². The van der Waals surface area contributed by atoms with E-state index in [1.54, 1.807) is 0 Å². The number of aliphatic carboxylic acids is 1. The first kappa shape index (κ1) is 25.9. The number of hydrogen-bond acceptors (Lipinski definition) is 4. The quantitative estimate of drug-likeness (QED) is 0.451. The van der Waals surface area contributed by atoms with Crippen LogP contribution in [0.2, 0.25) is 0 Å². The Labute approximate surface area is 200 Å². The van der Waals surface area contributed by atoms with Gasteiger partial charge in [-0.2, -0.15) is 13.2 Å². The van der Waals surface area contributed by atoms with Gasteiger partial charge in [-0.1, -0.05) is 20.3 Å². The average molecular weight is 489 g/mol. The molecule has 0 aromatic carbocycles. The lowest BCUT2D eigenvalue weighted by molar-refractivity contribution is -0.192. The molecular formula is C25H27F3N4O3. The number of carbonyl (C=O) groups excluding carboxylic acids is 1. The van der Waals surface area contributed by atoms with Gasteiger partial charge in [0.1, 0.15) is 0 Å². The van der Waals surface area contributed by atoms with Crippen molar-refractivity contribution in [3.8, 4) is 22.5 Å². The van der Waals surface area contributed by atoms with Gasteiger partial charge in [-0.05, 0) is 48.6 Å². The van der Waals surface area contributed by atoms with Crippen LogP contribution in [0.3, 0.4) is 0 Å². The highest BCUT2D eigenvalue weighted by Crippen LogP contribution is 2.27. The predicted molar refractivity (Wildman–Crippen MR) is 125 cm³/mol. The maximum atomic E-state index is 12.0. The van der Waals surface area contributed by atoms with Crippen LogP contribution in [0.4, 0.5) is 13.2 Å². The fourth-order valence-corrected chi connectivity index (χ4v) is 3.68. The molecule has 0 saturated carbocycles. The second-order valence-electron chi connectivity index (χ2n) is 8.68. The van der Waals surface area contributed by atoms with Gasteiger partial charge in [0.05, 0.1) is 11.3 Å². The summed E-state index contributed by atoms with van der Waals surface area (Å²) in [6.45, 7) is 5.20. The minimum atomic E-state index is -5.08. The Hall–Kier alpha value is -3.69. The number of carboxylic acids is 1. The highest BCUT2D eigenvalue weighted by molar-refractivity contribution is 5.97. The summed E-state index contributed by atoms with van der Waals surface area (Å²) in [7, 11) is 0. The van der Waals surface area contributed by atoms with E-state index in [-0.39, 0.29) is 5.91 Å². The summed E-state index contributed by atoms with van der Waals surface area (Å²) in [6, 6.07) is 8.15. The van der Waals surface area contributed by atoms with E-state index in [2.05, 4.69) is 46.2 Å². The van der Waals surface area contributed by atoms with Crippen LogP contribution in [0.15, 0.2) is 42.9 Å². The first-order chi connectivity index (χ1) is 16.5. The van der Waals surface area contributed by atoms with Crippen LogP contribution < -0.4 is 5.32 Å². The Kier molecular flexibility index (Phi) is 8.26. The molecule has 3 N–H and O–H groups in total. The van der Waals surface area contributed by atoms with Crippen molar-refractivity contribution in [1.29, 1.82) is 0 Å². The molecule has 7 nitrogen and oxygen atoms in total. The number of nitrogens with zero attached hydrogens (tertiary/aromatic N) is 2. The molecule has 0 radical (unpaired) electrons. The van der Waals surface area contributed by atoms with E-state index in [4.69, 9.17) is 9.90 Å². The lowest BCUT2D eigenvalue weighted by Gasteiger charge is -2.11. The number of nitrogens with one attached hydrogen (secondary N) is 2. The number of pyridine rings is 2. The number of aromatic amines is 1. The summed E-state index contributed by atoms with van der Waals surface area (Å²) in [4.78, 5) is 33.3. The molecule has 3 aromatic rings. The number of carboxylic acid groups (broad SMARTS) is 1. The minimum Gasteiger partial charge on any atom is -0.475 e. The third kappa shape index (κ3) is 7.14. The number of aryl methyl sites for hydroxylation is 1. The molecule has 4 rings (SSSR count). The summed E-state index contributed by atoms with van der Waals surface area (Å²) in [5, 5.41) is 10.0. The summed E-state index contributed by atoms with van der Waals surface area (Å²) in [5.74, 6) is -2.04. The van der Waals surface area contributed by atoms with Gasteiger partial charge in [0.25, 0.3) is 5.91 Å². The Bertz CT molecular complexity index is 1190. The van der Waals surface area contributed by atoms with E-state index in [0.29, 0.717) is 6.54 Å². The SMILES string of the molecule is CC(C)CCCc1cncc(-c2cc(-c3cc4c([nH]3)CCNC4=O)ccn2)c1.O=C(O)C(F)(F)F. The first-order valence-electron chi connectivity index (χ1n) is 11.3. The maximum Gasteiger partial charge on any atom is 0.490 e. The molecule has 0 spiro atoms. The van der Waals surface area contributed by atoms with Crippen LogP contribution in [-0.4, -0.2) is 44.7 Å². The molecule has 0 atom stereocenters. The molecule has 1 amide bonds. The Morgan fingerprint density at radius 3 is 2.57 bits per heavy atom. The molecule has 0 unspecified atom stereocenters. The highest BCUT2D eigenvalue weighted by Gasteiger charge is 2.38. The Balaban J connectivity index is 0.000000429. The molecule has 35 heavy (non-hydrogen) atoms. The van der Waals surface area contributed by atoms with E-state index >= 15 is 0 Å². The molecule has 1 aliphatic heterocycles. The smallest absolute Gasteiger partial charge is 0.475 e. The van der Waals surface area contributed by atoms with Crippen molar-refractivity contribution < 1.29 is 27.9 Å². The van der Waals surface area contributed by atoms with Crippen molar-refractivity contribution in [2.24, 2.45) is 5.92 Å². The van der Waals surface area contributed by atoms with Crippen molar-refractivity contribution in [3.63, 3.8) is 0 Å². The second-order valence-corrected chi connectivity index (χ2v) is 8.68. The van der Waals surface area contributed by atoms with Crippen LogP contribution in [-0.2, 0) is 17.6 Å². The second kappa shape index (κ2) is 11.2. The van der Waals surface area contributed by atoms with Gasteiger partial charge in [0.2, 0.25) is 0 Å². The zero-order valence-corrected chi connectivity index (χ0v) is 19.4. The van der Waals surface area contributed by atoms with Gasteiger partial charge >= 0.3 is 12.1 Å². The van der Waals surface area contributed by atoms with Gasteiger partial charge in [0, 0.05) is 54.1 Å². The summed E-state index contributed by atoms with van der Waals surface area (Å²) < 4.78 is 31.7. The number of fused-ring (bicyclic) bond motifs is 1. The number of H-pyrrole nitrogens is 1. The van der Waals surface area contributed by atoms with Gasteiger partial charge < -0.3 is 15.4 Å². The van der Waals surface area contributed by atoms with Crippen molar-refractivity contribution in [3.05, 3.63) is 59.7 Å². The number of aromatic nitrogens is 3. The van der Waals surface area contributed by atoms with Crippen LogP contribution in [0, 0.1) is 5.92 Å². The van der Waals surface area contributed by atoms with Crippen LogP contribution >= 0.6 is 0 Å². The summed E-state index contributed by atoms with van der Waals surface area (Å²) >= 11 is 0. The topological polar surface area (TPSA) is 108 Å². The molecule has 10 heteroatoms. The molecule has 0 fully saturated rings. The summed E-state index contributed by atoms with van der Waals surface area (Å²) in [5.41, 5.74) is 6.89. The van der Waals surface area contributed by atoms with Crippen LogP contribution in [0.25, 0.3) is 22.5 Å². The number of carbonyl (C=O) groups is 2. The molecule has 186 valence electrons. The van der Waals surface area contributed by atoms with Gasteiger partial charge in [-0.3, -0.25) is 14.8 Å². The van der Waals surface area contributed by atoms with Gasteiger partial charge in [-0.15, -0.1) is 0 Å². The number of amides is 1. The monoisotopic (exact) mass is 488 g/mol. The number of alkyl halides is 3. The Morgan fingerprint density at radius 1 is 1.17 bits per heavy atom. The lowest BCUT2D eigenvalue weighted by atomic mass is 10.0. The zero-order valence-electron chi connectivity index (χ0n) is 19.4. The number of rotatable bonds is 6. The average Bonchev–Trinajstić information content (AvgIpc) is 3.25. The normalized spacial score (nSPS) is 13.0. The van der Waals surface area contributed by atoms with Crippen molar-refractivity contribution in [1.82, 2.24) is 20.3 Å². The molecule has 4 heterocycles. The van der Waals surface area contributed by atoms with Crippen molar-refractivity contribution >= 4 is 11.9 Å². The van der Waals surface area contributed by atoms with Gasteiger partial charge in [-0.25, -0.2) is 4.79 Å². The summed E-state index contributed by atoms with van der Waals surface area (Å²) in [6.07, 6.45) is 4.82. The van der Waals surface area contributed by atoms with E-state index in [9.17, 15) is 18.0 Å². The van der Waals surface area contributed by atoms with Gasteiger partial charge in [0.15, 0.2) is 0 Å². The van der Waals surface area contributed by atoms with Crippen molar-refractivity contribution in [2.45, 2.75) is 45.7 Å². The number of halogens is 3. The minimum absolute atomic E-state index is 0.00340. The molecule has 3 aromatic heterocycles. The largest absolute Gasteiger partial charge is 0.490 e. The fourth-order valence-electron chi connectivity index (χ4n) is 3.68. The van der Waals surface area contributed by atoms with Crippen LogP contribution in [0.1, 0.15) is 48.3 Å². The zero-order chi connectivity index (χ0) is 25.6. The number of hydrogen-bond donors (Lipinski definition) is 3. The third-order valence-electron chi connectivity index (χ3n) is 5.46. The Morgan fingerprint density at radius 2 is 1.91 bits per heavy atom. The van der Waals surface area contributed by atoms with E-state index in [1.807, 2.05) is 30.7 Å². The maximum absolute atomic E-state index is 12.0. The first-order valence-corrected chi connectivity index (χ1v) is 11.3. The van der Waals surface area contributed by atoms with Crippen LogP contribution in [0.5, 0.6) is 0 Å². The van der Waals surface area contributed by atoms with Crippen molar-refractivity contribution in [2.75, 3.05) is 6.54 Å². The highest BCUT2D eigenvalue weighted by atomic mass is 19.4. The predicted octanol–water partition coefficient (Wildman–Crippen LogP) is 5.04. The molecule has 0 aliphatic carbocycles. The molecule has 1 aliphatic rings. The van der Waals surface area contributed by atoms with E-state index < -0.39 is 12.1 Å². The molecule has 0 bridgehead atoms. The fraction of sp³-hybridized carbons (Fsp3) is 0.360. The third-order valence-corrected chi connectivity index (χ3v) is 5.46. The lowest BCUT2D eigenvalue weighted by Crippen LogP contribution is -2.31. The standard InChI is InChI=1S/C23H26N4O.C2HF3O2/c1-15(2)4-3-5-16-10-18(14-24-13-16)21-11-17(6-8-25-21)22-12-19-20(27-22)7-9-26-23(19)28;3-2(4,5)1(6)7/h6,8,10-15,27H,3-5,7,9H2,1-2H3,(H,26,28);(H,6,7). The molecule has 0 saturated heterocycles.